The predicted molar refractivity (Wildman–Crippen MR) is 136 cm³/mol. The molecule has 2 rings (SSSR count). The van der Waals surface area contributed by atoms with E-state index in [0.717, 1.165) is 37.0 Å². The molecular weight excluding hydrogens is 412 g/mol. The molecule has 1 unspecified atom stereocenters. The molecule has 2 atom stereocenters. The molecule has 2 aromatic rings. The Kier molecular flexibility index (Phi) is 9.96. The summed E-state index contributed by atoms with van der Waals surface area (Å²) in [7, 11) is 0. The van der Waals surface area contributed by atoms with Crippen LogP contribution < -0.4 is 4.74 Å². The fraction of sp³-hybridized carbons (Fsp3) is 0.586. The summed E-state index contributed by atoms with van der Waals surface area (Å²) in [5.74, 6) is 1.03. The number of aliphatic hydroxyl groups is 3. The van der Waals surface area contributed by atoms with Gasteiger partial charge in [0.1, 0.15) is 18.5 Å². The molecule has 0 aliphatic carbocycles. The lowest BCUT2D eigenvalue weighted by Crippen LogP contribution is -2.26. The summed E-state index contributed by atoms with van der Waals surface area (Å²) in [5.41, 5.74) is 4.95. The van der Waals surface area contributed by atoms with E-state index in [9.17, 15) is 10.2 Å². The Morgan fingerprint density at radius 2 is 1.48 bits per heavy atom. The fourth-order valence-corrected chi connectivity index (χ4v) is 4.71. The maximum atomic E-state index is 9.76. The molecule has 0 saturated carbocycles. The zero-order valence-corrected chi connectivity index (χ0v) is 21.4. The predicted octanol–water partition coefficient (Wildman–Crippen LogP) is 5.42. The highest BCUT2D eigenvalue weighted by Gasteiger charge is 2.31. The number of aryl methyl sites for hydroxylation is 2. The van der Waals surface area contributed by atoms with E-state index in [1.165, 1.54) is 16.7 Å². The standard InChI is InChI=1S/C29H44O4/c1-7-29(8-2,24-15-16-27(21(3)17-24)33-20-26(32)19-31)23-12-9-22(10-13-23)11-14-25(18-30)28(4,5)6/h9-10,12-13,15-17,25-26,30-32H,7-8,11,14,18-20H2,1-6H3/t25?,26-/m0/s1. The Bertz CT molecular complexity index is 847. The first-order chi connectivity index (χ1) is 15.6. The molecule has 0 aliphatic rings. The number of hydrogen-bond acceptors (Lipinski definition) is 4. The van der Waals surface area contributed by atoms with Gasteiger partial charge in [-0.1, -0.05) is 71.0 Å². The van der Waals surface area contributed by atoms with Gasteiger partial charge in [-0.3, -0.25) is 0 Å². The summed E-state index contributed by atoms with van der Waals surface area (Å²) in [5, 5.41) is 28.3. The smallest absolute Gasteiger partial charge is 0.122 e. The molecule has 184 valence electrons. The van der Waals surface area contributed by atoms with Crippen LogP contribution in [0.5, 0.6) is 5.75 Å². The molecule has 0 radical (unpaired) electrons. The number of benzene rings is 2. The number of ether oxygens (including phenoxy) is 1. The second-order valence-corrected chi connectivity index (χ2v) is 10.4. The van der Waals surface area contributed by atoms with Gasteiger partial charge in [-0.2, -0.15) is 0 Å². The monoisotopic (exact) mass is 456 g/mol. The van der Waals surface area contributed by atoms with Crippen molar-refractivity contribution in [3.8, 4) is 5.75 Å². The highest BCUT2D eigenvalue weighted by molar-refractivity contribution is 5.45. The molecule has 0 amide bonds. The van der Waals surface area contributed by atoms with Gasteiger partial charge in [0.15, 0.2) is 0 Å². The molecule has 0 saturated heterocycles. The molecule has 33 heavy (non-hydrogen) atoms. The zero-order chi connectivity index (χ0) is 24.6. The second-order valence-electron chi connectivity index (χ2n) is 10.4. The van der Waals surface area contributed by atoms with Crippen molar-refractivity contribution in [3.05, 3.63) is 64.7 Å². The summed E-state index contributed by atoms with van der Waals surface area (Å²) in [4.78, 5) is 0. The number of rotatable bonds is 12. The van der Waals surface area contributed by atoms with Gasteiger partial charge in [-0.25, -0.2) is 0 Å². The highest BCUT2D eigenvalue weighted by atomic mass is 16.5. The van der Waals surface area contributed by atoms with Crippen molar-refractivity contribution in [1.29, 1.82) is 0 Å². The van der Waals surface area contributed by atoms with Crippen molar-refractivity contribution in [3.63, 3.8) is 0 Å². The molecule has 0 aromatic heterocycles. The lowest BCUT2D eigenvalue weighted by molar-refractivity contribution is 0.0534. The summed E-state index contributed by atoms with van der Waals surface area (Å²) < 4.78 is 5.70. The van der Waals surface area contributed by atoms with Crippen molar-refractivity contribution in [2.75, 3.05) is 19.8 Å². The largest absolute Gasteiger partial charge is 0.491 e. The Morgan fingerprint density at radius 1 is 0.879 bits per heavy atom. The third-order valence-electron chi connectivity index (χ3n) is 7.31. The number of hydrogen-bond donors (Lipinski definition) is 3. The van der Waals surface area contributed by atoms with E-state index in [4.69, 9.17) is 9.84 Å². The van der Waals surface area contributed by atoms with Gasteiger partial charge in [0, 0.05) is 12.0 Å². The van der Waals surface area contributed by atoms with Crippen molar-refractivity contribution in [2.45, 2.75) is 78.7 Å². The topological polar surface area (TPSA) is 69.9 Å². The van der Waals surface area contributed by atoms with Gasteiger partial charge in [-0.15, -0.1) is 0 Å². The van der Waals surface area contributed by atoms with E-state index in [1.54, 1.807) is 0 Å². The molecule has 3 N–H and O–H groups in total. The molecule has 4 heteroatoms. The summed E-state index contributed by atoms with van der Waals surface area (Å²) in [6.45, 7) is 13.1. The van der Waals surface area contributed by atoms with Crippen LogP contribution in [0.4, 0.5) is 0 Å². The van der Waals surface area contributed by atoms with Gasteiger partial charge in [-0.05, 0) is 72.3 Å². The van der Waals surface area contributed by atoms with Crippen LogP contribution in [-0.2, 0) is 11.8 Å². The van der Waals surface area contributed by atoms with Crippen LogP contribution >= 0.6 is 0 Å². The zero-order valence-electron chi connectivity index (χ0n) is 21.4. The Labute approximate surface area is 200 Å². The normalized spacial score (nSPS) is 14.2. The molecule has 4 nitrogen and oxygen atoms in total. The van der Waals surface area contributed by atoms with Crippen LogP contribution in [-0.4, -0.2) is 41.2 Å². The van der Waals surface area contributed by atoms with E-state index in [-0.39, 0.29) is 30.7 Å². The average Bonchev–Trinajstić information content (AvgIpc) is 2.79. The van der Waals surface area contributed by atoms with Gasteiger partial charge >= 0.3 is 0 Å². The molecule has 0 fully saturated rings. The van der Waals surface area contributed by atoms with E-state index in [0.29, 0.717) is 5.92 Å². The molecule has 2 aromatic carbocycles. The lowest BCUT2D eigenvalue weighted by atomic mass is 9.70. The van der Waals surface area contributed by atoms with E-state index < -0.39 is 6.10 Å². The van der Waals surface area contributed by atoms with E-state index in [2.05, 4.69) is 71.0 Å². The molecule has 0 aliphatic heterocycles. The minimum absolute atomic E-state index is 0.0779. The second kappa shape index (κ2) is 12.0. The van der Waals surface area contributed by atoms with Gasteiger partial charge in [0.25, 0.3) is 0 Å². The third-order valence-corrected chi connectivity index (χ3v) is 7.31. The van der Waals surface area contributed by atoms with Crippen LogP contribution in [0, 0.1) is 18.3 Å². The molecule has 0 heterocycles. The Balaban J connectivity index is 2.23. The lowest BCUT2D eigenvalue weighted by Gasteiger charge is -2.34. The van der Waals surface area contributed by atoms with Crippen molar-refractivity contribution >= 4 is 0 Å². The van der Waals surface area contributed by atoms with Crippen LogP contribution in [0.25, 0.3) is 0 Å². The summed E-state index contributed by atoms with van der Waals surface area (Å²) in [6, 6.07) is 15.3. The van der Waals surface area contributed by atoms with Crippen LogP contribution in [0.3, 0.4) is 0 Å². The van der Waals surface area contributed by atoms with Gasteiger partial charge < -0.3 is 20.1 Å². The van der Waals surface area contributed by atoms with Crippen molar-refractivity contribution in [1.82, 2.24) is 0 Å². The Morgan fingerprint density at radius 3 is 1.97 bits per heavy atom. The van der Waals surface area contributed by atoms with Crippen LogP contribution in [0.15, 0.2) is 42.5 Å². The maximum Gasteiger partial charge on any atom is 0.122 e. The first kappa shape index (κ1) is 27.4. The molecule has 0 spiro atoms. The van der Waals surface area contributed by atoms with E-state index in [1.807, 2.05) is 13.0 Å². The quantitative estimate of drug-likeness (QED) is 0.399. The molecular formula is C29H44O4. The summed E-state index contributed by atoms with van der Waals surface area (Å²) in [6.07, 6.45) is 3.06. The maximum absolute atomic E-state index is 9.76. The van der Waals surface area contributed by atoms with Gasteiger partial charge in [0.05, 0.1) is 6.61 Å². The fourth-order valence-electron chi connectivity index (χ4n) is 4.71. The van der Waals surface area contributed by atoms with Gasteiger partial charge in [0.2, 0.25) is 0 Å². The molecule has 0 bridgehead atoms. The van der Waals surface area contributed by atoms with Crippen molar-refractivity contribution in [2.24, 2.45) is 11.3 Å². The average molecular weight is 457 g/mol. The first-order valence-electron chi connectivity index (χ1n) is 12.3. The van der Waals surface area contributed by atoms with E-state index >= 15 is 0 Å². The third kappa shape index (κ3) is 6.81. The summed E-state index contributed by atoms with van der Waals surface area (Å²) >= 11 is 0. The minimum atomic E-state index is -0.871. The SMILES string of the molecule is CCC(CC)(c1ccc(CCC(CO)C(C)(C)C)cc1)c1ccc(OC[C@@H](O)CO)c(C)c1. The number of aliphatic hydroxyl groups excluding tert-OH is 3. The van der Waals surface area contributed by atoms with Crippen LogP contribution in [0.2, 0.25) is 0 Å². The first-order valence-corrected chi connectivity index (χ1v) is 12.3. The minimum Gasteiger partial charge on any atom is -0.491 e. The highest BCUT2D eigenvalue weighted by Crippen LogP contribution is 2.40. The van der Waals surface area contributed by atoms with Crippen LogP contribution in [0.1, 0.15) is 76.1 Å². The Hall–Kier alpha value is -1.88. The van der Waals surface area contributed by atoms with Crippen molar-refractivity contribution < 1.29 is 20.1 Å².